The van der Waals surface area contributed by atoms with Crippen LogP contribution in [-0.2, 0) is 0 Å². The molecule has 12 heteroatoms. The molecule has 1 N–H and O–H groups in total. The number of nitrogens with one attached hydrogen (secondary N) is 1. The standard InChI is InChI=1S/C19H11Cl2N3O6.CH4.Li/c20-10-1-4-13(15(21)7-10)18(25)23-16-5-3-12(8-14(16)19(26)27)30-17-6-2-11(9-22-17)24(28)29;;/h1-9H,(H,23,25)(H,26,27);1H4;/q;;+1/p-1. The molecule has 1 amide bonds. The van der Waals surface area contributed by atoms with Crippen LogP contribution in [0.3, 0.4) is 0 Å². The van der Waals surface area contributed by atoms with Crippen LogP contribution in [0.25, 0.3) is 0 Å². The molecule has 32 heavy (non-hydrogen) atoms. The average molecular weight is 470 g/mol. The number of benzene rings is 2. The van der Waals surface area contributed by atoms with Gasteiger partial charge in [-0.2, -0.15) is 0 Å². The number of hydrogen-bond donors (Lipinski definition) is 1. The van der Waals surface area contributed by atoms with Crippen LogP contribution in [0.1, 0.15) is 28.1 Å². The molecule has 0 fully saturated rings. The first-order valence-electron chi connectivity index (χ1n) is 8.14. The molecule has 0 bridgehead atoms. The van der Waals surface area contributed by atoms with Crippen molar-refractivity contribution in [1.82, 2.24) is 4.98 Å². The Balaban J connectivity index is 0.00000256. The number of hydrogen-bond acceptors (Lipinski definition) is 7. The van der Waals surface area contributed by atoms with E-state index in [1.807, 2.05) is 0 Å². The first-order valence-corrected chi connectivity index (χ1v) is 8.90. The van der Waals surface area contributed by atoms with Crippen molar-refractivity contribution in [2.24, 2.45) is 0 Å². The van der Waals surface area contributed by atoms with E-state index in [2.05, 4.69) is 10.3 Å². The van der Waals surface area contributed by atoms with Gasteiger partial charge in [-0.15, -0.1) is 0 Å². The summed E-state index contributed by atoms with van der Waals surface area (Å²) in [5.74, 6) is -2.13. The third-order valence-electron chi connectivity index (χ3n) is 3.79. The van der Waals surface area contributed by atoms with E-state index in [4.69, 9.17) is 27.9 Å². The number of ether oxygens (including phenoxy) is 1. The number of pyridine rings is 1. The smallest absolute Gasteiger partial charge is 0.545 e. The van der Waals surface area contributed by atoms with Crippen molar-refractivity contribution in [2.75, 3.05) is 5.32 Å². The summed E-state index contributed by atoms with van der Waals surface area (Å²) >= 11 is 11.8. The van der Waals surface area contributed by atoms with Gasteiger partial charge in [0.05, 0.1) is 27.2 Å². The van der Waals surface area contributed by atoms with Gasteiger partial charge in [0.25, 0.3) is 11.6 Å². The molecule has 0 saturated heterocycles. The molecule has 0 radical (unpaired) electrons. The number of rotatable bonds is 6. The van der Waals surface area contributed by atoms with E-state index in [0.29, 0.717) is 5.02 Å². The Morgan fingerprint density at radius 1 is 1.03 bits per heavy atom. The second kappa shape index (κ2) is 11.5. The molecular weight excluding hydrogens is 456 g/mol. The molecule has 9 nitrogen and oxygen atoms in total. The summed E-state index contributed by atoms with van der Waals surface area (Å²) in [7, 11) is 0. The number of carboxylic acid groups (broad SMARTS) is 1. The fourth-order valence-corrected chi connectivity index (χ4v) is 2.88. The predicted molar refractivity (Wildman–Crippen MR) is 113 cm³/mol. The summed E-state index contributed by atoms with van der Waals surface area (Å²) in [4.78, 5) is 37.8. The Morgan fingerprint density at radius 2 is 1.75 bits per heavy atom. The van der Waals surface area contributed by atoms with Crippen molar-refractivity contribution in [1.29, 1.82) is 0 Å². The third-order valence-corrected chi connectivity index (χ3v) is 4.34. The van der Waals surface area contributed by atoms with Gasteiger partial charge in [0.15, 0.2) is 0 Å². The minimum absolute atomic E-state index is 0. The zero-order chi connectivity index (χ0) is 21.8. The monoisotopic (exact) mass is 469 g/mol. The maximum absolute atomic E-state index is 12.4. The summed E-state index contributed by atoms with van der Waals surface area (Å²) in [6.45, 7) is 0. The molecular formula is C20H14Cl2LiN3O6. The molecule has 160 valence electrons. The van der Waals surface area contributed by atoms with Crippen molar-refractivity contribution in [3.05, 3.63) is 86.0 Å². The molecule has 0 aliphatic heterocycles. The van der Waals surface area contributed by atoms with E-state index in [9.17, 15) is 24.8 Å². The van der Waals surface area contributed by atoms with E-state index in [-0.39, 0.29) is 65.4 Å². The third kappa shape index (κ3) is 6.45. The van der Waals surface area contributed by atoms with Crippen molar-refractivity contribution in [3.8, 4) is 11.6 Å². The summed E-state index contributed by atoms with van der Waals surface area (Å²) in [5.41, 5.74) is -0.527. The molecule has 0 atom stereocenters. The number of carbonyl (C=O) groups is 2. The number of aromatic nitrogens is 1. The van der Waals surface area contributed by atoms with Crippen LogP contribution >= 0.6 is 23.2 Å². The summed E-state index contributed by atoms with van der Waals surface area (Å²) < 4.78 is 5.41. The molecule has 0 aliphatic rings. The van der Waals surface area contributed by atoms with E-state index in [0.717, 1.165) is 12.3 Å². The number of anilines is 1. The molecule has 0 unspecified atom stereocenters. The number of amides is 1. The van der Waals surface area contributed by atoms with Crippen LogP contribution in [0.5, 0.6) is 11.6 Å². The molecule has 1 aromatic heterocycles. The van der Waals surface area contributed by atoms with E-state index in [1.54, 1.807) is 0 Å². The van der Waals surface area contributed by atoms with Crippen molar-refractivity contribution >= 4 is 46.5 Å². The Kier molecular flexibility index (Phi) is 9.69. The first kappa shape index (κ1) is 26.9. The number of halogens is 2. The average Bonchev–Trinajstić information content (AvgIpc) is 2.69. The number of nitrogens with zero attached hydrogens (tertiary/aromatic N) is 2. The van der Waals surface area contributed by atoms with Crippen molar-refractivity contribution < 1.29 is 43.2 Å². The zero-order valence-corrected chi connectivity index (χ0v) is 17.3. The number of carbonyl (C=O) groups excluding carboxylic acids is 2. The Morgan fingerprint density at radius 3 is 2.31 bits per heavy atom. The zero-order valence-electron chi connectivity index (χ0n) is 15.8. The van der Waals surface area contributed by atoms with Gasteiger partial charge >= 0.3 is 18.9 Å². The van der Waals surface area contributed by atoms with Gasteiger partial charge < -0.3 is 20.0 Å². The maximum atomic E-state index is 12.4. The maximum Gasteiger partial charge on any atom is 1.00 e. The SMILES string of the molecule is C.O=C(Nc1ccc(Oc2ccc([N+](=O)[O-])cn2)cc1C(=O)[O-])c1ccc(Cl)cc1Cl.[Li+]. The van der Waals surface area contributed by atoms with Gasteiger partial charge in [0.2, 0.25) is 5.88 Å². The van der Waals surface area contributed by atoms with Gasteiger partial charge in [0.1, 0.15) is 11.9 Å². The Labute approximate surface area is 204 Å². The topological polar surface area (TPSA) is 134 Å². The fraction of sp³-hybridized carbons (Fsp3) is 0.0500. The second-order valence-electron chi connectivity index (χ2n) is 5.79. The largest absolute Gasteiger partial charge is 1.00 e. The summed E-state index contributed by atoms with van der Waals surface area (Å²) in [5, 5.41) is 25.1. The number of nitro groups is 1. The van der Waals surface area contributed by atoms with Crippen molar-refractivity contribution in [3.63, 3.8) is 0 Å². The Bertz CT molecular complexity index is 1160. The van der Waals surface area contributed by atoms with E-state index >= 15 is 0 Å². The van der Waals surface area contributed by atoms with Crippen LogP contribution in [-0.4, -0.2) is 21.8 Å². The molecule has 0 spiro atoms. The minimum Gasteiger partial charge on any atom is -0.545 e. The van der Waals surface area contributed by atoms with Crippen molar-refractivity contribution in [2.45, 2.75) is 7.43 Å². The molecule has 0 aliphatic carbocycles. The summed E-state index contributed by atoms with van der Waals surface area (Å²) in [6.07, 6.45) is 0.999. The minimum atomic E-state index is -1.56. The Hall–Kier alpha value is -3.09. The van der Waals surface area contributed by atoms with E-state index in [1.165, 1.54) is 42.5 Å². The fourth-order valence-electron chi connectivity index (χ4n) is 2.39. The molecule has 1 heterocycles. The molecule has 3 rings (SSSR count). The van der Waals surface area contributed by atoms with Gasteiger partial charge in [0, 0.05) is 22.7 Å². The quantitative estimate of drug-likeness (QED) is 0.327. The number of aromatic carboxylic acids is 1. The van der Waals surface area contributed by atoms with Crippen LogP contribution in [0.15, 0.2) is 54.7 Å². The van der Waals surface area contributed by atoms with Crippen LogP contribution in [0, 0.1) is 10.1 Å². The molecule has 2 aromatic carbocycles. The summed E-state index contributed by atoms with van der Waals surface area (Å²) in [6, 6.07) is 10.5. The molecule has 0 saturated carbocycles. The van der Waals surface area contributed by atoms with E-state index < -0.39 is 16.8 Å². The second-order valence-corrected chi connectivity index (χ2v) is 6.63. The van der Waals surface area contributed by atoms with Crippen LogP contribution in [0.4, 0.5) is 11.4 Å². The predicted octanol–water partition coefficient (Wildman–Crippen LogP) is 1.34. The number of carboxylic acids is 1. The van der Waals surface area contributed by atoms with Crippen LogP contribution < -0.4 is 34.0 Å². The van der Waals surface area contributed by atoms with Crippen LogP contribution in [0.2, 0.25) is 10.0 Å². The van der Waals surface area contributed by atoms with Gasteiger partial charge in [-0.3, -0.25) is 14.9 Å². The van der Waals surface area contributed by atoms with Gasteiger partial charge in [-0.1, -0.05) is 30.6 Å². The first-order chi connectivity index (χ1) is 14.2. The van der Waals surface area contributed by atoms with Gasteiger partial charge in [-0.25, -0.2) is 4.98 Å². The van der Waals surface area contributed by atoms with Gasteiger partial charge in [-0.05, 0) is 36.4 Å². The normalized spacial score (nSPS) is 9.69. The molecule has 3 aromatic rings.